The summed E-state index contributed by atoms with van der Waals surface area (Å²) in [6.07, 6.45) is 0.832. The lowest BCUT2D eigenvalue weighted by atomic mass is 10.0. The fourth-order valence-corrected chi connectivity index (χ4v) is 8.49. The number of hydrogen-bond donors (Lipinski definition) is 2. The second-order valence-corrected chi connectivity index (χ2v) is 15.5. The van der Waals surface area contributed by atoms with Gasteiger partial charge in [-0.2, -0.15) is 0 Å². The first-order valence-electron chi connectivity index (χ1n) is 17.9. The third-order valence-corrected chi connectivity index (χ3v) is 11.9. The Hall–Kier alpha value is -4.44. The van der Waals surface area contributed by atoms with Crippen LogP contribution in [0.25, 0.3) is 11.4 Å². The van der Waals surface area contributed by atoms with Crippen molar-refractivity contribution in [1.82, 2.24) is 25.5 Å². The summed E-state index contributed by atoms with van der Waals surface area (Å²) in [4.78, 5) is 78.6. The molecular formula is C35H47N6O11P. The van der Waals surface area contributed by atoms with Crippen molar-refractivity contribution in [3.63, 3.8) is 0 Å². The molecule has 2 unspecified atom stereocenters. The number of nitrogens with zero attached hydrogens (tertiary/aromatic N) is 4. The van der Waals surface area contributed by atoms with Crippen LogP contribution in [0.3, 0.4) is 0 Å². The Kier molecular flexibility index (Phi) is 13.2. The zero-order valence-corrected chi connectivity index (χ0v) is 31.3. The molecule has 18 heteroatoms. The van der Waals surface area contributed by atoms with Crippen molar-refractivity contribution < 1.29 is 52.0 Å². The Morgan fingerprint density at radius 2 is 1.74 bits per heavy atom. The van der Waals surface area contributed by atoms with Gasteiger partial charge in [0, 0.05) is 64.3 Å². The summed E-state index contributed by atoms with van der Waals surface area (Å²) in [6.45, 7) is 4.56. The molecule has 3 aliphatic rings. The number of ether oxygens (including phenoxy) is 4. The molecule has 3 aliphatic heterocycles. The van der Waals surface area contributed by atoms with Crippen LogP contribution in [0.4, 0.5) is 10.6 Å². The lowest BCUT2D eigenvalue weighted by Crippen LogP contribution is -2.61. The lowest BCUT2D eigenvalue weighted by Gasteiger charge is -2.34. The van der Waals surface area contributed by atoms with Crippen LogP contribution >= 0.6 is 7.37 Å². The largest absolute Gasteiger partial charge is 0.449 e. The first-order chi connectivity index (χ1) is 25.4. The maximum absolute atomic E-state index is 14.6. The van der Waals surface area contributed by atoms with E-state index in [9.17, 15) is 28.5 Å². The van der Waals surface area contributed by atoms with Crippen LogP contribution in [0.5, 0.6) is 0 Å². The molecule has 0 spiro atoms. The zero-order chi connectivity index (χ0) is 38.2. The molecule has 5 rings (SSSR count). The zero-order valence-electron chi connectivity index (χ0n) is 30.4. The van der Waals surface area contributed by atoms with E-state index < -0.39 is 61.1 Å². The average Bonchev–Trinajstić information content (AvgIpc) is 3.48. The van der Waals surface area contributed by atoms with E-state index >= 15 is 0 Å². The van der Waals surface area contributed by atoms with Crippen LogP contribution in [-0.4, -0.2) is 121 Å². The highest BCUT2D eigenvalue weighted by Gasteiger charge is 2.75. The summed E-state index contributed by atoms with van der Waals surface area (Å²) >= 11 is 0. The molecule has 2 aromatic rings. The van der Waals surface area contributed by atoms with Crippen molar-refractivity contribution in [1.29, 1.82) is 0 Å². The van der Waals surface area contributed by atoms with E-state index in [0.29, 0.717) is 30.9 Å². The number of esters is 2. The summed E-state index contributed by atoms with van der Waals surface area (Å²) in [6, 6.07) is 9.40. The number of methoxy groups -OCH3 is 1. The summed E-state index contributed by atoms with van der Waals surface area (Å²) in [5, 5.41) is 3.53. The van der Waals surface area contributed by atoms with Crippen molar-refractivity contribution in [2.75, 3.05) is 57.5 Å². The Morgan fingerprint density at radius 1 is 1.02 bits per heavy atom. The normalized spacial score (nSPS) is 23.7. The summed E-state index contributed by atoms with van der Waals surface area (Å²) in [5.74, 6) is -2.56. The number of carbonyl (C=O) groups excluding carboxylic acids is 5. The summed E-state index contributed by atoms with van der Waals surface area (Å²) in [7, 11) is -2.68. The Bertz CT molecular complexity index is 1700. The number of Topliss-reactive ketones (excluding diaryl/α,β-unsaturated/α-hetero) is 1. The number of hydrogen-bond acceptors (Lipinski definition) is 15. The average molecular weight is 759 g/mol. The predicted molar refractivity (Wildman–Crippen MR) is 190 cm³/mol. The third kappa shape index (κ3) is 9.39. The number of ketones is 1. The van der Waals surface area contributed by atoms with Crippen LogP contribution in [-0.2, 0) is 42.4 Å². The maximum atomic E-state index is 14.6. The van der Waals surface area contributed by atoms with Gasteiger partial charge in [0.2, 0.25) is 7.37 Å². The number of anilines is 1. The van der Waals surface area contributed by atoms with Gasteiger partial charge in [-0.3, -0.25) is 23.7 Å². The minimum Gasteiger partial charge on any atom is -0.449 e. The predicted octanol–water partition coefficient (Wildman–Crippen LogP) is 3.07. The van der Waals surface area contributed by atoms with E-state index in [1.807, 2.05) is 17.9 Å². The van der Waals surface area contributed by atoms with Gasteiger partial charge in [0.1, 0.15) is 11.5 Å². The molecule has 288 valence electrons. The van der Waals surface area contributed by atoms with Crippen LogP contribution < -0.4 is 15.5 Å². The third-order valence-electron chi connectivity index (χ3n) is 9.19. The molecule has 1 aromatic carbocycles. The van der Waals surface area contributed by atoms with Crippen LogP contribution in [0.2, 0.25) is 0 Å². The maximum Gasteiger partial charge on any atom is 0.409 e. The minimum atomic E-state index is -4.30. The topological polar surface area (TPSA) is 205 Å². The van der Waals surface area contributed by atoms with E-state index in [1.165, 1.54) is 24.8 Å². The number of rotatable bonds is 16. The summed E-state index contributed by atoms with van der Waals surface area (Å²) < 4.78 is 41.4. The molecule has 2 N–H and O–H groups in total. The minimum absolute atomic E-state index is 0.0409. The van der Waals surface area contributed by atoms with E-state index in [2.05, 4.69) is 15.6 Å². The van der Waals surface area contributed by atoms with Gasteiger partial charge in [0.15, 0.2) is 16.9 Å². The molecule has 4 heterocycles. The van der Waals surface area contributed by atoms with E-state index in [1.54, 1.807) is 31.4 Å². The highest BCUT2D eigenvalue weighted by molar-refractivity contribution is 7.70. The number of benzene rings is 1. The van der Waals surface area contributed by atoms with Gasteiger partial charge in [-0.1, -0.05) is 57.5 Å². The highest BCUT2D eigenvalue weighted by atomic mass is 31.2. The Labute approximate surface area is 307 Å². The molecule has 3 fully saturated rings. The molecule has 0 radical (unpaired) electrons. The standard InChI is InChI=1S/C35H47N6O11P/c1-5-8-18-49-33(46)41-17-15-36-26(21-41)30(44)35(22-53(35,47)52-34(50-28(42)6-2)51-29(43)7-3)39-32(45)25-19-27(40-16-14-24(20-40)48-4)38-31(37-25)23-12-10-9-11-13-23/h9-13,19,24,26,34,36H,5-8,14-18,20-22H2,1-4H3,(H,39,45)/t24-,26?,35-,53?/m0/s1. The first-order valence-corrected chi connectivity index (χ1v) is 19.7. The number of piperazine rings is 1. The van der Waals surface area contributed by atoms with Crippen molar-refractivity contribution in [2.45, 2.75) is 76.8 Å². The lowest BCUT2D eigenvalue weighted by molar-refractivity contribution is -0.234. The smallest absolute Gasteiger partial charge is 0.409 e. The van der Waals surface area contributed by atoms with Crippen LogP contribution in [0.1, 0.15) is 63.4 Å². The second-order valence-electron chi connectivity index (χ2n) is 12.9. The van der Waals surface area contributed by atoms with Gasteiger partial charge in [0.25, 0.3) is 5.91 Å². The second kappa shape index (κ2) is 17.6. The molecular weight excluding hydrogens is 711 g/mol. The van der Waals surface area contributed by atoms with Gasteiger partial charge in [-0.25, -0.2) is 19.3 Å². The Morgan fingerprint density at radius 3 is 2.38 bits per heavy atom. The van der Waals surface area contributed by atoms with E-state index in [4.69, 9.17) is 28.5 Å². The molecule has 4 atom stereocenters. The number of aromatic nitrogens is 2. The highest BCUT2D eigenvalue weighted by Crippen LogP contribution is 2.76. The molecule has 0 saturated carbocycles. The van der Waals surface area contributed by atoms with Crippen molar-refractivity contribution in [3.05, 3.63) is 42.1 Å². The number of unbranched alkanes of at least 4 members (excludes halogenated alkanes) is 1. The number of carbonyl (C=O) groups is 5. The SMILES string of the molecule is CCCCOC(=O)N1CCNC(C(=O)[C@]2(NC(=O)c3cc(N4CC[C@H](OC)C4)nc(-c4ccccc4)n3)CP2(=O)OC(OC(=O)CC)OC(=O)CC)C1. The van der Waals surface area contributed by atoms with Crippen LogP contribution in [0.15, 0.2) is 36.4 Å². The fraction of sp³-hybridized carbons (Fsp3) is 0.571. The van der Waals surface area contributed by atoms with Gasteiger partial charge >= 0.3 is 24.5 Å². The molecule has 1 aromatic heterocycles. The number of nitrogens with one attached hydrogen (secondary N) is 2. The van der Waals surface area contributed by atoms with Crippen LogP contribution in [0, 0.1) is 0 Å². The van der Waals surface area contributed by atoms with Crippen molar-refractivity contribution in [2.24, 2.45) is 0 Å². The van der Waals surface area contributed by atoms with Gasteiger partial charge < -0.3 is 39.4 Å². The van der Waals surface area contributed by atoms with Crippen molar-refractivity contribution >= 4 is 42.9 Å². The number of amides is 2. The van der Waals surface area contributed by atoms with Crippen molar-refractivity contribution in [3.8, 4) is 11.4 Å². The van der Waals surface area contributed by atoms with E-state index in [0.717, 1.165) is 12.8 Å². The first kappa shape index (κ1) is 39.8. The van der Waals surface area contributed by atoms with Gasteiger partial charge in [-0.05, 0) is 12.8 Å². The molecule has 53 heavy (non-hydrogen) atoms. The quantitative estimate of drug-likeness (QED) is 0.109. The fourth-order valence-electron chi connectivity index (χ4n) is 6.00. The molecule has 17 nitrogen and oxygen atoms in total. The van der Waals surface area contributed by atoms with Gasteiger partial charge in [0.05, 0.1) is 24.9 Å². The summed E-state index contributed by atoms with van der Waals surface area (Å²) in [5.41, 5.74) is 0.511. The molecule has 3 saturated heterocycles. The van der Waals surface area contributed by atoms with E-state index in [-0.39, 0.29) is 56.7 Å². The Balaban J connectivity index is 1.48. The molecule has 2 amide bonds. The molecule has 0 aliphatic carbocycles. The van der Waals surface area contributed by atoms with Gasteiger partial charge in [-0.15, -0.1) is 0 Å². The molecule has 0 bridgehead atoms. The monoisotopic (exact) mass is 758 g/mol.